The summed E-state index contributed by atoms with van der Waals surface area (Å²) in [7, 11) is 2.09. The van der Waals surface area contributed by atoms with Crippen molar-refractivity contribution in [2.24, 2.45) is 0 Å². The molecule has 1 N–H and O–H groups in total. The lowest BCUT2D eigenvalue weighted by Gasteiger charge is -2.51. The van der Waals surface area contributed by atoms with Crippen LogP contribution >= 0.6 is 0 Å². The van der Waals surface area contributed by atoms with Crippen molar-refractivity contribution in [3.63, 3.8) is 0 Å². The lowest BCUT2D eigenvalue weighted by Crippen LogP contribution is -2.55. The minimum absolute atomic E-state index is 0.0950. The van der Waals surface area contributed by atoms with Crippen molar-refractivity contribution in [2.75, 3.05) is 7.05 Å². The molecule has 0 aliphatic carbocycles. The van der Waals surface area contributed by atoms with Crippen molar-refractivity contribution in [2.45, 2.75) is 56.4 Å². The van der Waals surface area contributed by atoms with Gasteiger partial charge in [-0.05, 0) is 38.8 Å². The summed E-state index contributed by atoms with van der Waals surface area (Å²) in [5.74, 6) is 0.0950. The van der Waals surface area contributed by atoms with Crippen LogP contribution < -0.4 is 4.74 Å². The summed E-state index contributed by atoms with van der Waals surface area (Å²) in [4.78, 5) is 2.33. The van der Waals surface area contributed by atoms with Crippen LogP contribution in [0.25, 0.3) is 0 Å². The predicted molar refractivity (Wildman–Crippen MR) is 75.4 cm³/mol. The molecule has 2 unspecified atom stereocenters. The Morgan fingerprint density at radius 3 is 2.48 bits per heavy atom. The summed E-state index contributed by atoms with van der Waals surface area (Å²) in [5.41, 5.74) is -0.580. The van der Waals surface area contributed by atoms with Crippen molar-refractivity contribution in [3.8, 4) is 5.75 Å². The fourth-order valence-electron chi connectivity index (χ4n) is 3.92. The summed E-state index contributed by atoms with van der Waals surface area (Å²) in [6, 6.07) is 7.25. The summed E-state index contributed by atoms with van der Waals surface area (Å²) >= 11 is 0. The maximum atomic E-state index is 12.6. The fraction of sp³-hybridized carbons (Fsp3) is 0.625. The van der Waals surface area contributed by atoms with E-state index in [4.69, 9.17) is 0 Å². The Balaban J connectivity index is 1.92. The Hall–Kier alpha value is -1.20. The number of piperidine rings is 2. The summed E-state index contributed by atoms with van der Waals surface area (Å²) < 4.78 is 29.8. The molecule has 0 amide bonds. The van der Waals surface area contributed by atoms with Gasteiger partial charge in [-0.3, -0.25) is 0 Å². The molecular formula is C16H21F2NO2. The molecule has 2 saturated heterocycles. The summed E-state index contributed by atoms with van der Waals surface area (Å²) in [6.07, 6.45) is 4.42. The van der Waals surface area contributed by atoms with Crippen LogP contribution in [-0.4, -0.2) is 35.7 Å². The van der Waals surface area contributed by atoms with Crippen molar-refractivity contribution in [1.29, 1.82) is 0 Å². The van der Waals surface area contributed by atoms with Crippen LogP contribution in [-0.2, 0) is 5.60 Å². The monoisotopic (exact) mass is 297 g/mol. The third-order valence-electron chi connectivity index (χ3n) is 4.98. The number of aliphatic hydroxyl groups is 1. The molecule has 0 saturated carbocycles. The molecule has 0 spiro atoms. The number of hydrogen-bond acceptors (Lipinski definition) is 3. The van der Waals surface area contributed by atoms with E-state index in [2.05, 4.69) is 16.7 Å². The molecule has 2 aliphatic heterocycles. The van der Waals surface area contributed by atoms with Gasteiger partial charge in [0.25, 0.3) is 0 Å². The largest absolute Gasteiger partial charge is 0.434 e. The van der Waals surface area contributed by atoms with Gasteiger partial charge in [-0.25, -0.2) is 0 Å². The van der Waals surface area contributed by atoms with E-state index in [1.54, 1.807) is 18.2 Å². The third-order valence-corrected chi connectivity index (χ3v) is 4.98. The van der Waals surface area contributed by atoms with Gasteiger partial charge >= 0.3 is 6.61 Å². The molecule has 3 rings (SSSR count). The highest BCUT2D eigenvalue weighted by atomic mass is 19.3. The highest BCUT2D eigenvalue weighted by Gasteiger charge is 2.46. The zero-order valence-electron chi connectivity index (χ0n) is 12.1. The lowest BCUT2D eigenvalue weighted by atomic mass is 9.72. The minimum Gasteiger partial charge on any atom is -0.434 e. The van der Waals surface area contributed by atoms with E-state index in [1.165, 1.54) is 12.5 Å². The normalized spacial score (nSPS) is 33.2. The Morgan fingerprint density at radius 2 is 1.86 bits per heavy atom. The molecule has 0 aromatic heterocycles. The number of ether oxygens (including phenoxy) is 1. The van der Waals surface area contributed by atoms with E-state index in [0.29, 0.717) is 30.5 Å². The van der Waals surface area contributed by atoms with E-state index in [0.717, 1.165) is 12.8 Å². The van der Waals surface area contributed by atoms with Crippen LogP contribution in [0.15, 0.2) is 24.3 Å². The van der Waals surface area contributed by atoms with Gasteiger partial charge < -0.3 is 14.7 Å². The molecule has 2 fully saturated rings. The number of alkyl halides is 2. The second-order valence-corrected chi connectivity index (χ2v) is 6.22. The average molecular weight is 297 g/mol. The SMILES string of the molecule is CN1C2CCCC1CC(O)(c1ccccc1OC(F)F)C2. The molecular weight excluding hydrogens is 276 g/mol. The first-order valence-corrected chi connectivity index (χ1v) is 7.48. The third kappa shape index (κ3) is 2.77. The van der Waals surface area contributed by atoms with Crippen molar-refractivity contribution < 1.29 is 18.6 Å². The molecule has 2 heterocycles. The van der Waals surface area contributed by atoms with Crippen LogP contribution in [0, 0.1) is 0 Å². The zero-order valence-corrected chi connectivity index (χ0v) is 12.1. The van der Waals surface area contributed by atoms with Gasteiger partial charge in [0, 0.05) is 17.6 Å². The van der Waals surface area contributed by atoms with Crippen molar-refractivity contribution in [3.05, 3.63) is 29.8 Å². The number of hydrogen-bond donors (Lipinski definition) is 1. The summed E-state index contributed by atoms with van der Waals surface area (Å²) in [6.45, 7) is -2.87. The first kappa shape index (κ1) is 14.7. The van der Waals surface area contributed by atoms with E-state index in [1.807, 2.05) is 0 Å². The number of para-hydroxylation sites is 1. The number of fused-ring (bicyclic) bond motifs is 2. The number of benzene rings is 1. The van der Waals surface area contributed by atoms with Crippen LogP contribution in [0.5, 0.6) is 5.75 Å². The molecule has 2 atom stereocenters. The molecule has 2 bridgehead atoms. The van der Waals surface area contributed by atoms with Crippen LogP contribution in [0.2, 0.25) is 0 Å². The minimum atomic E-state index is -2.87. The maximum absolute atomic E-state index is 12.6. The Morgan fingerprint density at radius 1 is 1.24 bits per heavy atom. The molecule has 116 valence electrons. The number of halogens is 2. The van der Waals surface area contributed by atoms with E-state index in [9.17, 15) is 13.9 Å². The molecule has 1 aromatic carbocycles. The van der Waals surface area contributed by atoms with Crippen LogP contribution in [0.1, 0.15) is 37.7 Å². The van der Waals surface area contributed by atoms with Gasteiger partial charge in [-0.1, -0.05) is 24.6 Å². The molecule has 5 heteroatoms. The molecule has 3 nitrogen and oxygen atoms in total. The first-order chi connectivity index (χ1) is 9.99. The highest BCUT2D eigenvalue weighted by molar-refractivity contribution is 5.39. The first-order valence-electron chi connectivity index (χ1n) is 7.48. The van der Waals surface area contributed by atoms with Gasteiger partial charge in [0.05, 0.1) is 5.60 Å². The molecule has 21 heavy (non-hydrogen) atoms. The second-order valence-electron chi connectivity index (χ2n) is 6.22. The summed E-state index contributed by atoms with van der Waals surface area (Å²) in [5, 5.41) is 11.1. The molecule has 1 aromatic rings. The van der Waals surface area contributed by atoms with Gasteiger partial charge in [-0.2, -0.15) is 8.78 Å². The zero-order chi connectivity index (χ0) is 15.0. The van der Waals surface area contributed by atoms with E-state index >= 15 is 0 Å². The quantitative estimate of drug-likeness (QED) is 0.930. The Bertz CT molecular complexity index is 495. The number of rotatable bonds is 3. The fourth-order valence-corrected chi connectivity index (χ4v) is 3.92. The smallest absolute Gasteiger partial charge is 0.387 e. The number of nitrogens with zero attached hydrogens (tertiary/aromatic N) is 1. The molecule has 2 aliphatic rings. The van der Waals surface area contributed by atoms with Gasteiger partial charge in [0.2, 0.25) is 0 Å². The lowest BCUT2D eigenvalue weighted by molar-refractivity contribution is -0.0936. The van der Waals surface area contributed by atoms with Crippen LogP contribution in [0.3, 0.4) is 0 Å². The highest BCUT2D eigenvalue weighted by Crippen LogP contribution is 2.46. The Kier molecular flexibility index (Phi) is 3.88. The topological polar surface area (TPSA) is 32.7 Å². The maximum Gasteiger partial charge on any atom is 0.387 e. The van der Waals surface area contributed by atoms with Crippen LogP contribution in [0.4, 0.5) is 8.78 Å². The second kappa shape index (κ2) is 5.54. The van der Waals surface area contributed by atoms with E-state index in [-0.39, 0.29) is 5.75 Å². The van der Waals surface area contributed by atoms with Gasteiger partial charge in [0.1, 0.15) is 5.75 Å². The Labute approximate surface area is 123 Å². The van der Waals surface area contributed by atoms with Gasteiger partial charge in [0.15, 0.2) is 0 Å². The molecule has 0 radical (unpaired) electrons. The van der Waals surface area contributed by atoms with E-state index < -0.39 is 12.2 Å². The standard InChI is InChI=1S/C16H21F2NO2/c1-19-11-5-4-6-12(19)10-16(20,9-11)13-7-2-3-8-14(13)21-15(17)18/h2-3,7-8,11-12,15,20H,4-6,9-10H2,1H3. The van der Waals surface area contributed by atoms with Crippen molar-refractivity contribution >= 4 is 0 Å². The predicted octanol–water partition coefficient (Wildman–Crippen LogP) is 3.12. The van der Waals surface area contributed by atoms with Gasteiger partial charge in [-0.15, -0.1) is 0 Å². The van der Waals surface area contributed by atoms with Crippen molar-refractivity contribution in [1.82, 2.24) is 4.90 Å². The average Bonchev–Trinajstić information content (AvgIpc) is 2.41.